The van der Waals surface area contributed by atoms with Crippen LogP contribution in [-0.2, 0) is 0 Å². The maximum Gasteiger partial charge on any atom is 0.0559 e. The van der Waals surface area contributed by atoms with Crippen LogP contribution in [0.5, 0.6) is 0 Å². The maximum atomic E-state index is 3.17. The summed E-state index contributed by atoms with van der Waals surface area (Å²) in [5.41, 5.74) is 4.50. The molecule has 0 unspecified atom stereocenters. The van der Waals surface area contributed by atoms with Crippen molar-refractivity contribution in [2.24, 2.45) is 0 Å². The predicted octanol–water partition coefficient (Wildman–Crippen LogP) is 1.38. The molecule has 1 rings (SSSR count). The van der Waals surface area contributed by atoms with E-state index in [0.29, 0.717) is 0 Å². The minimum atomic E-state index is 1.04. The Bertz CT molecular complexity index is 140. The molecule has 44 valence electrons. The molecule has 0 N–H and O–H groups in total. The zero-order valence-corrected chi connectivity index (χ0v) is 5.44. The Labute approximate surface area is 50.3 Å². The second kappa shape index (κ2) is 2.06. The fourth-order valence-corrected chi connectivity index (χ4v) is 0.893. The van der Waals surface area contributed by atoms with E-state index in [1.165, 1.54) is 5.70 Å². The molecule has 1 heterocycles. The molecule has 1 nitrogen and oxygen atoms in total. The van der Waals surface area contributed by atoms with Crippen LogP contribution in [0.4, 0.5) is 0 Å². The second-order valence-electron chi connectivity index (χ2n) is 2.03. The summed E-state index contributed by atoms with van der Waals surface area (Å²) < 4.78 is 0. The molecule has 1 aliphatic rings. The third-order valence-corrected chi connectivity index (χ3v) is 1.43. The number of likely N-dealkylation sites (N-methyl/N-ethyl adjacent to an activating group) is 1. The zero-order valence-electron chi connectivity index (χ0n) is 5.44. The standard InChI is InChI=1S/C7H11N/c1-3-7-5-4-6-8(7)2/h4H,3,6H2,1-2H3. The van der Waals surface area contributed by atoms with Gasteiger partial charge in [0.15, 0.2) is 0 Å². The molecule has 8 heavy (non-hydrogen) atoms. The summed E-state index contributed by atoms with van der Waals surface area (Å²) in [6.07, 6.45) is 3.17. The lowest BCUT2D eigenvalue weighted by atomic mass is 10.4. The Kier molecular flexibility index (Phi) is 1.40. The van der Waals surface area contributed by atoms with Gasteiger partial charge in [-0.25, -0.2) is 0 Å². The topological polar surface area (TPSA) is 3.24 Å². The van der Waals surface area contributed by atoms with E-state index in [1.807, 2.05) is 0 Å². The second-order valence-corrected chi connectivity index (χ2v) is 2.03. The molecule has 0 fully saturated rings. The SMILES string of the molecule is CCC1=C=CCN1C. The molecule has 0 aliphatic carbocycles. The molecule has 0 aromatic heterocycles. The van der Waals surface area contributed by atoms with Crippen LogP contribution in [-0.4, -0.2) is 18.5 Å². The van der Waals surface area contributed by atoms with Gasteiger partial charge in [0.1, 0.15) is 0 Å². The van der Waals surface area contributed by atoms with Crippen molar-refractivity contribution in [1.82, 2.24) is 4.90 Å². The third-order valence-electron chi connectivity index (χ3n) is 1.43. The molecule has 0 saturated carbocycles. The van der Waals surface area contributed by atoms with Crippen LogP contribution in [0.3, 0.4) is 0 Å². The van der Waals surface area contributed by atoms with Gasteiger partial charge in [-0.05, 0) is 12.5 Å². The van der Waals surface area contributed by atoms with E-state index in [-0.39, 0.29) is 0 Å². The van der Waals surface area contributed by atoms with Crippen LogP contribution in [0.2, 0.25) is 0 Å². The summed E-state index contributed by atoms with van der Waals surface area (Å²) in [7, 11) is 2.09. The minimum absolute atomic E-state index is 1.04. The van der Waals surface area contributed by atoms with Gasteiger partial charge in [0.25, 0.3) is 0 Å². The van der Waals surface area contributed by atoms with Crippen LogP contribution in [0.1, 0.15) is 13.3 Å². The van der Waals surface area contributed by atoms with Gasteiger partial charge in [0.2, 0.25) is 0 Å². The Morgan fingerprint density at radius 2 is 2.62 bits per heavy atom. The van der Waals surface area contributed by atoms with Crippen molar-refractivity contribution in [1.29, 1.82) is 0 Å². The number of rotatable bonds is 1. The summed E-state index contributed by atoms with van der Waals surface area (Å²) in [5.74, 6) is 0. The van der Waals surface area contributed by atoms with Gasteiger partial charge in [0.05, 0.1) is 5.70 Å². The minimum Gasteiger partial charge on any atom is -0.367 e. The molecule has 0 amide bonds. The van der Waals surface area contributed by atoms with Crippen molar-refractivity contribution < 1.29 is 0 Å². The van der Waals surface area contributed by atoms with Gasteiger partial charge >= 0.3 is 0 Å². The van der Waals surface area contributed by atoms with Crippen LogP contribution in [0, 0.1) is 0 Å². The van der Waals surface area contributed by atoms with Crippen molar-refractivity contribution in [3.8, 4) is 0 Å². The van der Waals surface area contributed by atoms with E-state index in [4.69, 9.17) is 0 Å². The first-order chi connectivity index (χ1) is 3.84. The maximum absolute atomic E-state index is 3.17. The molecule has 1 aliphatic heterocycles. The van der Waals surface area contributed by atoms with E-state index in [2.05, 4.69) is 30.7 Å². The largest absolute Gasteiger partial charge is 0.367 e. The summed E-state index contributed by atoms with van der Waals surface area (Å²) in [5, 5.41) is 0. The molecule has 0 atom stereocenters. The molecule has 0 spiro atoms. The average Bonchev–Trinajstić information content (AvgIpc) is 2.14. The highest BCUT2D eigenvalue weighted by Crippen LogP contribution is 2.07. The van der Waals surface area contributed by atoms with Gasteiger partial charge < -0.3 is 4.90 Å². The van der Waals surface area contributed by atoms with Crippen LogP contribution in [0.15, 0.2) is 17.5 Å². The molecule has 0 bridgehead atoms. The van der Waals surface area contributed by atoms with E-state index in [9.17, 15) is 0 Å². The lowest BCUT2D eigenvalue weighted by Gasteiger charge is -2.12. The monoisotopic (exact) mass is 109 g/mol. The number of hydrogen-bond donors (Lipinski definition) is 0. The highest BCUT2D eigenvalue weighted by atomic mass is 15.1. The summed E-state index contributed by atoms with van der Waals surface area (Å²) in [6.45, 7) is 3.20. The Hall–Kier alpha value is -0.680. The van der Waals surface area contributed by atoms with E-state index >= 15 is 0 Å². The normalized spacial score (nSPS) is 17.2. The van der Waals surface area contributed by atoms with Crippen molar-refractivity contribution in [2.45, 2.75) is 13.3 Å². The molecule has 1 heteroatoms. The van der Waals surface area contributed by atoms with Crippen LogP contribution < -0.4 is 0 Å². The summed E-state index contributed by atoms with van der Waals surface area (Å²) >= 11 is 0. The highest BCUT2D eigenvalue weighted by Gasteiger charge is 2.01. The van der Waals surface area contributed by atoms with Crippen molar-refractivity contribution in [3.63, 3.8) is 0 Å². The third kappa shape index (κ3) is 0.775. The summed E-state index contributed by atoms with van der Waals surface area (Å²) in [6, 6.07) is 0. The lowest BCUT2D eigenvalue weighted by molar-refractivity contribution is 0.465. The average molecular weight is 109 g/mol. The lowest BCUT2D eigenvalue weighted by Crippen LogP contribution is -2.12. The van der Waals surface area contributed by atoms with Gasteiger partial charge in [-0.1, -0.05) is 6.92 Å². The Morgan fingerprint density at radius 1 is 1.88 bits per heavy atom. The summed E-state index contributed by atoms with van der Waals surface area (Å²) in [4.78, 5) is 2.21. The molecule has 0 aromatic rings. The number of hydrogen-bond acceptors (Lipinski definition) is 1. The van der Waals surface area contributed by atoms with Gasteiger partial charge in [-0.3, -0.25) is 0 Å². The van der Waals surface area contributed by atoms with E-state index in [1.54, 1.807) is 0 Å². The quantitative estimate of drug-likeness (QED) is 0.460. The van der Waals surface area contributed by atoms with Crippen LogP contribution >= 0.6 is 0 Å². The molecule has 0 radical (unpaired) electrons. The molecular formula is C7H11N. The fraction of sp³-hybridized carbons (Fsp3) is 0.571. The zero-order chi connectivity index (χ0) is 5.98. The molecule has 0 aromatic carbocycles. The Balaban J connectivity index is 2.62. The first-order valence-corrected chi connectivity index (χ1v) is 2.99. The smallest absolute Gasteiger partial charge is 0.0559 e. The van der Waals surface area contributed by atoms with Gasteiger partial charge in [-0.2, -0.15) is 0 Å². The Morgan fingerprint density at radius 3 is 2.88 bits per heavy atom. The van der Waals surface area contributed by atoms with E-state index in [0.717, 1.165) is 13.0 Å². The first kappa shape index (κ1) is 5.46. The van der Waals surface area contributed by atoms with Crippen molar-refractivity contribution in [2.75, 3.05) is 13.6 Å². The number of nitrogens with zero attached hydrogens (tertiary/aromatic N) is 1. The first-order valence-electron chi connectivity index (χ1n) is 2.99. The molecule has 0 saturated heterocycles. The fourth-order valence-electron chi connectivity index (χ4n) is 0.893. The predicted molar refractivity (Wildman–Crippen MR) is 34.5 cm³/mol. The van der Waals surface area contributed by atoms with E-state index < -0.39 is 0 Å². The van der Waals surface area contributed by atoms with Gasteiger partial charge in [0, 0.05) is 13.6 Å². The van der Waals surface area contributed by atoms with Gasteiger partial charge in [-0.15, -0.1) is 5.73 Å². The highest BCUT2D eigenvalue weighted by molar-refractivity contribution is 5.07. The van der Waals surface area contributed by atoms with Crippen LogP contribution in [0.25, 0.3) is 0 Å². The molecular weight excluding hydrogens is 98.1 g/mol. The van der Waals surface area contributed by atoms with Crippen molar-refractivity contribution in [3.05, 3.63) is 17.5 Å². The van der Waals surface area contributed by atoms with Crippen molar-refractivity contribution >= 4 is 0 Å².